The molecule has 1 amide bonds. The van der Waals surface area contributed by atoms with Gasteiger partial charge in [0.25, 0.3) is 5.69 Å². The van der Waals surface area contributed by atoms with Crippen LogP contribution in [0.3, 0.4) is 0 Å². The van der Waals surface area contributed by atoms with E-state index >= 15 is 0 Å². The van der Waals surface area contributed by atoms with Crippen LogP contribution < -0.4 is 4.90 Å². The highest BCUT2D eigenvalue weighted by Gasteiger charge is 2.43. The first-order valence-corrected chi connectivity index (χ1v) is 11.1. The third kappa shape index (κ3) is 4.23. The van der Waals surface area contributed by atoms with Crippen molar-refractivity contribution in [1.29, 1.82) is 0 Å². The van der Waals surface area contributed by atoms with Crippen molar-refractivity contribution in [3.05, 3.63) is 33.9 Å². The van der Waals surface area contributed by atoms with E-state index in [-0.39, 0.29) is 40.4 Å². The van der Waals surface area contributed by atoms with E-state index in [0.717, 1.165) is 30.9 Å². The Labute approximate surface area is 182 Å². The van der Waals surface area contributed by atoms with Crippen molar-refractivity contribution in [2.24, 2.45) is 11.8 Å². The third-order valence-corrected chi connectivity index (χ3v) is 6.85. The maximum absolute atomic E-state index is 13.6. The van der Waals surface area contributed by atoms with Crippen molar-refractivity contribution >= 4 is 23.3 Å². The molecule has 9 heteroatoms. The predicted molar refractivity (Wildman–Crippen MR) is 115 cm³/mol. The molecule has 9 nitrogen and oxygen atoms in total. The standard InChI is InChI=1S/C22H30N4O5/c1-3-31-22(28)15-6-8-24(9-7-15)21(27)18-13-16-12-17(26(29)30)4-5-19(16)25-11-10-23(2)14-20(18)25/h4-5,12,15,18,20H,3,6-11,13-14H2,1-2H3. The summed E-state index contributed by atoms with van der Waals surface area (Å²) in [7, 11) is 2.06. The molecule has 0 N–H and O–H groups in total. The zero-order valence-corrected chi connectivity index (χ0v) is 18.2. The van der Waals surface area contributed by atoms with E-state index in [9.17, 15) is 19.7 Å². The number of piperazine rings is 1. The van der Waals surface area contributed by atoms with Gasteiger partial charge in [-0.2, -0.15) is 0 Å². The van der Waals surface area contributed by atoms with E-state index in [4.69, 9.17) is 4.74 Å². The fourth-order valence-electron chi connectivity index (χ4n) is 5.18. The van der Waals surface area contributed by atoms with Crippen molar-refractivity contribution in [2.45, 2.75) is 32.2 Å². The Balaban J connectivity index is 1.54. The highest BCUT2D eigenvalue weighted by Crippen LogP contribution is 2.38. The Morgan fingerprint density at radius 1 is 1.19 bits per heavy atom. The monoisotopic (exact) mass is 430 g/mol. The summed E-state index contributed by atoms with van der Waals surface area (Å²) < 4.78 is 5.14. The molecular formula is C22H30N4O5. The van der Waals surface area contributed by atoms with Gasteiger partial charge in [-0.25, -0.2) is 0 Å². The minimum Gasteiger partial charge on any atom is -0.466 e. The van der Waals surface area contributed by atoms with Crippen LogP contribution >= 0.6 is 0 Å². The Hall–Kier alpha value is -2.68. The molecule has 0 aliphatic carbocycles. The molecule has 0 radical (unpaired) electrons. The molecular weight excluding hydrogens is 400 g/mol. The lowest BCUT2D eigenvalue weighted by atomic mass is 9.82. The number of ether oxygens (including phenoxy) is 1. The van der Waals surface area contributed by atoms with Crippen LogP contribution in [-0.4, -0.2) is 79.0 Å². The Morgan fingerprint density at radius 2 is 1.94 bits per heavy atom. The van der Waals surface area contributed by atoms with Gasteiger partial charge in [0.15, 0.2) is 0 Å². The predicted octanol–water partition coefficient (Wildman–Crippen LogP) is 1.69. The summed E-state index contributed by atoms with van der Waals surface area (Å²) >= 11 is 0. The summed E-state index contributed by atoms with van der Waals surface area (Å²) in [5.41, 5.74) is 1.94. The van der Waals surface area contributed by atoms with Crippen molar-refractivity contribution in [1.82, 2.24) is 9.80 Å². The molecule has 2 saturated heterocycles. The van der Waals surface area contributed by atoms with Gasteiger partial charge in [0.1, 0.15) is 0 Å². The zero-order chi connectivity index (χ0) is 22.1. The van der Waals surface area contributed by atoms with Crippen molar-refractivity contribution in [3.8, 4) is 0 Å². The summed E-state index contributed by atoms with van der Waals surface area (Å²) in [5, 5.41) is 11.3. The van der Waals surface area contributed by atoms with Gasteiger partial charge in [-0.1, -0.05) is 0 Å². The number of benzene rings is 1. The minimum absolute atomic E-state index is 0.0444. The lowest BCUT2D eigenvalue weighted by Crippen LogP contribution is -2.61. The van der Waals surface area contributed by atoms with Gasteiger partial charge in [0.2, 0.25) is 5.91 Å². The quantitative estimate of drug-likeness (QED) is 0.407. The highest BCUT2D eigenvalue weighted by atomic mass is 16.6. The summed E-state index contributed by atoms with van der Waals surface area (Å²) in [4.78, 5) is 42.9. The van der Waals surface area contributed by atoms with Crippen LogP contribution in [0.4, 0.5) is 11.4 Å². The van der Waals surface area contributed by atoms with E-state index in [0.29, 0.717) is 39.0 Å². The molecule has 31 heavy (non-hydrogen) atoms. The first-order valence-electron chi connectivity index (χ1n) is 11.1. The van der Waals surface area contributed by atoms with E-state index in [2.05, 4.69) is 16.8 Å². The van der Waals surface area contributed by atoms with Crippen LogP contribution in [0.15, 0.2) is 18.2 Å². The number of nitro benzene ring substituents is 1. The van der Waals surface area contributed by atoms with Gasteiger partial charge in [0, 0.05) is 50.5 Å². The third-order valence-electron chi connectivity index (χ3n) is 6.85. The second kappa shape index (κ2) is 8.82. The van der Waals surface area contributed by atoms with Crippen LogP contribution in [0.1, 0.15) is 25.3 Å². The second-order valence-corrected chi connectivity index (χ2v) is 8.76. The summed E-state index contributed by atoms with van der Waals surface area (Å²) in [5.74, 6) is -0.481. The maximum Gasteiger partial charge on any atom is 0.309 e. The Morgan fingerprint density at radius 3 is 2.61 bits per heavy atom. The topological polar surface area (TPSA) is 96.2 Å². The fourth-order valence-corrected chi connectivity index (χ4v) is 5.18. The van der Waals surface area contributed by atoms with Gasteiger partial charge < -0.3 is 19.4 Å². The first-order chi connectivity index (χ1) is 14.9. The number of piperidine rings is 1. The Kier molecular flexibility index (Phi) is 6.13. The number of likely N-dealkylation sites (N-methyl/N-ethyl adjacent to an activating group) is 1. The van der Waals surface area contributed by atoms with Crippen molar-refractivity contribution in [2.75, 3.05) is 51.3 Å². The first kappa shape index (κ1) is 21.5. The molecule has 0 saturated carbocycles. The number of carbonyl (C=O) groups excluding carboxylic acids is 2. The lowest BCUT2D eigenvalue weighted by Gasteiger charge is -2.49. The number of nitro groups is 1. The van der Waals surface area contributed by atoms with Gasteiger partial charge in [-0.3, -0.25) is 19.7 Å². The van der Waals surface area contributed by atoms with E-state index in [1.54, 1.807) is 19.1 Å². The number of hydrogen-bond acceptors (Lipinski definition) is 7. The molecule has 0 aromatic heterocycles. The van der Waals surface area contributed by atoms with Gasteiger partial charge >= 0.3 is 5.97 Å². The highest BCUT2D eigenvalue weighted by molar-refractivity contribution is 5.83. The number of amides is 1. The van der Waals surface area contributed by atoms with Crippen LogP contribution in [0.25, 0.3) is 0 Å². The average Bonchev–Trinajstić information content (AvgIpc) is 2.77. The number of esters is 1. The molecule has 2 atom stereocenters. The van der Waals surface area contributed by atoms with E-state index in [1.807, 2.05) is 11.0 Å². The Bertz CT molecular complexity index is 867. The van der Waals surface area contributed by atoms with Crippen LogP contribution in [0.5, 0.6) is 0 Å². The van der Waals surface area contributed by atoms with E-state index < -0.39 is 0 Å². The molecule has 2 unspecified atom stereocenters. The van der Waals surface area contributed by atoms with Gasteiger partial charge in [-0.15, -0.1) is 0 Å². The fraction of sp³-hybridized carbons (Fsp3) is 0.636. The van der Waals surface area contributed by atoms with Gasteiger partial charge in [0.05, 0.1) is 29.4 Å². The smallest absolute Gasteiger partial charge is 0.309 e. The van der Waals surface area contributed by atoms with E-state index in [1.165, 1.54) is 0 Å². The van der Waals surface area contributed by atoms with Gasteiger partial charge in [-0.05, 0) is 44.9 Å². The number of rotatable bonds is 4. The van der Waals surface area contributed by atoms with Crippen molar-refractivity contribution < 1.29 is 19.2 Å². The summed E-state index contributed by atoms with van der Waals surface area (Å²) in [6.07, 6.45) is 1.74. The molecule has 1 aromatic rings. The zero-order valence-electron chi connectivity index (χ0n) is 18.2. The molecule has 0 bridgehead atoms. The number of fused-ring (bicyclic) bond motifs is 3. The summed E-state index contributed by atoms with van der Waals surface area (Å²) in [6, 6.07) is 5.05. The maximum atomic E-state index is 13.6. The van der Waals surface area contributed by atoms with Crippen LogP contribution in [0.2, 0.25) is 0 Å². The average molecular weight is 431 g/mol. The molecule has 0 spiro atoms. The molecule has 3 aliphatic rings. The summed E-state index contributed by atoms with van der Waals surface area (Å²) in [6.45, 7) is 5.73. The molecule has 4 rings (SSSR count). The molecule has 1 aromatic carbocycles. The van der Waals surface area contributed by atoms with Crippen LogP contribution in [-0.2, 0) is 20.7 Å². The number of nitrogens with zero attached hydrogens (tertiary/aromatic N) is 4. The molecule has 168 valence electrons. The molecule has 3 aliphatic heterocycles. The number of non-ortho nitro benzene ring substituents is 1. The normalized spacial score (nSPS) is 24.3. The number of hydrogen-bond donors (Lipinski definition) is 0. The minimum atomic E-state index is -0.382. The number of likely N-dealkylation sites (tertiary alicyclic amines) is 1. The number of carbonyl (C=O) groups is 2. The number of anilines is 1. The second-order valence-electron chi connectivity index (χ2n) is 8.76. The molecule has 2 fully saturated rings. The van der Waals surface area contributed by atoms with Crippen LogP contribution in [0, 0.1) is 22.0 Å². The van der Waals surface area contributed by atoms with Crippen molar-refractivity contribution in [3.63, 3.8) is 0 Å². The lowest BCUT2D eigenvalue weighted by molar-refractivity contribution is -0.384. The SMILES string of the molecule is CCOC(=O)C1CCN(C(=O)C2Cc3cc([N+](=O)[O-])ccc3N3CCN(C)CC23)CC1. The largest absolute Gasteiger partial charge is 0.466 e. The molecule has 3 heterocycles.